The number of carbonyl (C=O) groups is 1. The van der Waals surface area contributed by atoms with Gasteiger partial charge in [-0.1, -0.05) is 0 Å². The van der Waals surface area contributed by atoms with Gasteiger partial charge in [0.15, 0.2) is 5.82 Å². The van der Waals surface area contributed by atoms with Crippen molar-refractivity contribution < 1.29 is 4.79 Å². The molecule has 1 unspecified atom stereocenters. The molecule has 1 aromatic heterocycles. The highest BCUT2D eigenvalue weighted by Crippen LogP contribution is 2.59. The maximum absolute atomic E-state index is 11.2. The van der Waals surface area contributed by atoms with Gasteiger partial charge in [0.2, 0.25) is 0 Å². The minimum atomic E-state index is -0.577. The van der Waals surface area contributed by atoms with Crippen molar-refractivity contribution in [2.45, 2.75) is 38.1 Å². The second-order valence-corrected chi connectivity index (χ2v) is 5.82. The Kier molecular flexibility index (Phi) is 2.52. The molecule has 2 aliphatic rings. The highest BCUT2D eigenvalue weighted by atomic mass is 16.1. The van der Waals surface area contributed by atoms with E-state index in [0.717, 1.165) is 19.3 Å². The van der Waals surface area contributed by atoms with Crippen molar-refractivity contribution in [3.63, 3.8) is 0 Å². The molecule has 2 saturated carbocycles. The van der Waals surface area contributed by atoms with E-state index in [1.165, 1.54) is 12.8 Å². The number of nitrogens with zero attached hydrogens (tertiary/aromatic N) is 3. The molecule has 3 rings (SSSR count). The standard InChI is InChI=1S/C13H17N5O/c14-6-8-5-13(3-4-13)2-1-10(8)18-7-9(12(16)19)11(15)17-18/h7-8,10H,1-5H2,(H2,15,17)(H2,16,19)/t8-,10?/m0/s1. The predicted molar refractivity (Wildman–Crippen MR) is 68.8 cm³/mol. The van der Waals surface area contributed by atoms with Crippen LogP contribution in [0.25, 0.3) is 0 Å². The minimum absolute atomic E-state index is 0.00613. The first kappa shape index (κ1) is 12.0. The van der Waals surface area contributed by atoms with Gasteiger partial charge in [-0.25, -0.2) is 0 Å². The molecule has 1 heterocycles. The van der Waals surface area contributed by atoms with E-state index in [0.29, 0.717) is 5.41 Å². The lowest BCUT2D eigenvalue weighted by molar-refractivity contribution is 0.100. The summed E-state index contributed by atoms with van der Waals surface area (Å²) in [6, 6.07) is 2.39. The molecule has 0 radical (unpaired) electrons. The monoisotopic (exact) mass is 259 g/mol. The topological polar surface area (TPSA) is 111 Å². The number of anilines is 1. The molecule has 2 fully saturated rings. The van der Waals surface area contributed by atoms with Crippen LogP contribution in [-0.2, 0) is 0 Å². The largest absolute Gasteiger partial charge is 0.382 e. The average Bonchev–Trinajstić information content (AvgIpc) is 3.00. The number of hydrogen-bond donors (Lipinski definition) is 2. The summed E-state index contributed by atoms with van der Waals surface area (Å²) in [5, 5.41) is 13.5. The molecule has 6 heteroatoms. The van der Waals surface area contributed by atoms with Crippen molar-refractivity contribution in [1.29, 1.82) is 5.26 Å². The highest BCUT2D eigenvalue weighted by Gasteiger charge is 2.49. The van der Waals surface area contributed by atoms with Gasteiger partial charge in [-0.3, -0.25) is 9.48 Å². The summed E-state index contributed by atoms with van der Waals surface area (Å²) in [6.45, 7) is 0. The Morgan fingerprint density at radius 1 is 1.53 bits per heavy atom. The number of aromatic nitrogens is 2. The summed E-state index contributed by atoms with van der Waals surface area (Å²) < 4.78 is 1.67. The van der Waals surface area contributed by atoms with Crippen molar-refractivity contribution in [1.82, 2.24) is 9.78 Å². The van der Waals surface area contributed by atoms with Gasteiger partial charge in [0.25, 0.3) is 5.91 Å². The SMILES string of the molecule is N#C[C@@H]1CC2(CCC1n1cc(C(N)=O)c(N)n1)CC2. The van der Waals surface area contributed by atoms with E-state index in [-0.39, 0.29) is 23.3 Å². The van der Waals surface area contributed by atoms with Gasteiger partial charge in [-0.05, 0) is 37.5 Å². The van der Waals surface area contributed by atoms with Gasteiger partial charge in [0.1, 0.15) is 5.56 Å². The zero-order valence-corrected chi connectivity index (χ0v) is 10.7. The Labute approximate surface area is 111 Å². The van der Waals surface area contributed by atoms with Crippen LogP contribution in [0, 0.1) is 22.7 Å². The van der Waals surface area contributed by atoms with Crippen molar-refractivity contribution in [2.75, 3.05) is 5.73 Å². The Bertz CT molecular complexity index is 566. The number of nitrogen functional groups attached to an aromatic ring is 1. The Hall–Kier alpha value is -2.03. The second-order valence-electron chi connectivity index (χ2n) is 5.82. The molecule has 2 aliphatic carbocycles. The van der Waals surface area contributed by atoms with Crippen LogP contribution in [0.2, 0.25) is 0 Å². The highest BCUT2D eigenvalue weighted by molar-refractivity contribution is 5.96. The Morgan fingerprint density at radius 3 is 2.79 bits per heavy atom. The van der Waals surface area contributed by atoms with Crippen LogP contribution in [-0.4, -0.2) is 15.7 Å². The molecule has 19 heavy (non-hydrogen) atoms. The summed E-state index contributed by atoms with van der Waals surface area (Å²) >= 11 is 0. The third-order valence-electron chi connectivity index (χ3n) is 4.58. The molecule has 0 aromatic carbocycles. The number of primary amides is 1. The van der Waals surface area contributed by atoms with Crippen LogP contribution in [0.1, 0.15) is 48.5 Å². The molecule has 100 valence electrons. The van der Waals surface area contributed by atoms with Crippen molar-refractivity contribution >= 4 is 11.7 Å². The second kappa shape index (κ2) is 3.98. The molecule has 6 nitrogen and oxygen atoms in total. The smallest absolute Gasteiger partial charge is 0.254 e. The summed E-state index contributed by atoms with van der Waals surface area (Å²) in [5.41, 5.74) is 11.6. The Balaban J connectivity index is 1.87. The number of carbonyl (C=O) groups excluding carboxylic acids is 1. The summed E-state index contributed by atoms with van der Waals surface area (Å²) in [5.74, 6) is -0.487. The summed E-state index contributed by atoms with van der Waals surface area (Å²) in [4.78, 5) is 11.2. The molecule has 0 bridgehead atoms. The molecular weight excluding hydrogens is 242 g/mol. The van der Waals surface area contributed by atoms with Crippen LogP contribution >= 0.6 is 0 Å². The van der Waals surface area contributed by atoms with Gasteiger partial charge in [-0.2, -0.15) is 10.4 Å². The van der Waals surface area contributed by atoms with Crippen molar-refractivity contribution in [3.05, 3.63) is 11.8 Å². The van der Waals surface area contributed by atoms with Gasteiger partial charge in [0, 0.05) is 6.20 Å². The lowest BCUT2D eigenvalue weighted by Gasteiger charge is -2.32. The van der Waals surface area contributed by atoms with Gasteiger partial charge < -0.3 is 11.5 Å². The first-order chi connectivity index (χ1) is 9.04. The van der Waals surface area contributed by atoms with Gasteiger partial charge >= 0.3 is 0 Å². The van der Waals surface area contributed by atoms with Gasteiger partial charge in [0.05, 0.1) is 18.0 Å². The fourth-order valence-electron chi connectivity index (χ4n) is 3.20. The third-order valence-corrected chi connectivity index (χ3v) is 4.58. The van der Waals surface area contributed by atoms with Crippen LogP contribution in [0.5, 0.6) is 0 Å². The zero-order valence-electron chi connectivity index (χ0n) is 10.7. The molecule has 0 saturated heterocycles. The van der Waals surface area contributed by atoms with E-state index in [2.05, 4.69) is 11.2 Å². The molecule has 4 N–H and O–H groups in total. The molecule has 1 spiro atoms. The van der Waals surface area contributed by atoms with Gasteiger partial charge in [-0.15, -0.1) is 0 Å². The molecule has 0 aliphatic heterocycles. The lowest BCUT2D eigenvalue weighted by atomic mass is 9.76. The maximum Gasteiger partial charge on any atom is 0.254 e. The van der Waals surface area contributed by atoms with E-state index in [9.17, 15) is 10.1 Å². The number of nitriles is 1. The van der Waals surface area contributed by atoms with E-state index in [4.69, 9.17) is 11.5 Å². The van der Waals surface area contributed by atoms with Crippen LogP contribution in [0.3, 0.4) is 0 Å². The minimum Gasteiger partial charge on any atom is -0.382 e. The van der Waals surface area contributed by atoms with Crippen LogP contribution in [0.4, 0.5) is 5.82 Å². The first-order valence-electron chi connectivity index (χ1n) is 6.59. The Morgan fingerprint density at radius 2 is 2.26 bits per heavy atom. The van der Waals surface area contributed by atoms with E-state index >= 15 is 0 Å². The number of rotatable bonds is 2. The molecule has 2 atom stereocenters. The molecule has 1 aromatic rings. The summed E-state index contributed by atoms with van der Waals surface area (Å²) in [6.07, 6.45) is 7.04. The zero-order chi connectivity index (χ0) is 13.6. The van der Waals surface area contributed by atoms with E-state index < -0.39 is 5.91 Å². The number of hydrogen-bond acceptors (Lipinski definition) is 4. The first-order valence-corrected chi connectivity index (χ1v) is 6.59. The van der Waals surface area contributed by atoms with Crippen molar-refractivity contribution in [3.8, 4) is 6.07 Å². The van der Waals surface area contributed by atoms with E-state index in [1.807, 2.05) is 0 Å². The molecule has 1 amide bonds. The van der Waals surface area contributed by atoms with Crippen LogP contribution < -0.4 is 11.5 Å². The average molecular weight is 259 g/mol. The quantitative estimate of drug-likeness (QED) is 0.831. The van der Waals surface area contributed by atoms with Crippen LogP contribution in [0.15, 0.2) is 6.20 Å². The number of amides is 1. The maximum atomic E-state index is 11.2. The number of nitrogens with two attached hydrogens (primary N) is 2. The van der Waals surface area contributed by atoms with E-state index in [1.54, 1.807) is 10.9 Å². The predicted octanol–water partition coefficient (Wildman–Crippen LogP) is 1.21. The lowest BCUT2D eigenvalue weighted by Crippen LogP contribution is -2.28. The molecular formula is C13H17N5O. The van der Waals surface area contributed by atoms with Crippen molar-refractivity contribution in [2.24, 2.45) is 17.1 Å². The summed E-state index contributed by atoms with van der Waals surface area (Å²) in [7, 11) is 0. The normalized spacial score (nSPS) is 27.9. The third kappa shape index (κ3) is 1.95. The fourth-order valence-corrected chi connectivity index (χ4v) is 3.20. The fraction of sp³-hybridized carbons (Fsp3) is 0.615.